The van der Waals surface area contributed by atoms with Gasteiger partial charge in [-0.25, -0.2) is 4.21 Å². The van der Waals surface area contributed by atoms with Crippen LogP contribution in [0.1, 0.15) is 12.8 Å². The lowest BCUT2D eigenvalue weighted by Gasteiger charge is -2.05. The van der Waals surface area contributed by atoms with Crippen molar-refractivity contribution in [1.82, 2.24) is 0 Å². The van der Waals surface area contributed by atoms with Gasteiger partial charge >= 0.3 is 5.97 Å². The van der Waals surface area contributed by atoms with Crippen molar-refractivity contribution < 1.29 is 18.7 Å². The Labute approximate surface area is 71.8 Å². The smallest absolute Gasteiger partial charge is 0.303 e. The lowest BCUT2D eigenvalue weighted by Crippen LogP contribution is -2.17. The van der Waals surface area contributed by atoms with E-state index in [4.69, 9.17) is 21.3 Å². The highest BCUT2D eigenvalue weighted by Gasteiger charge is 2.14. The molecule has 0 rings (SSSR count). The van der Waals surface area contributed by atoms with Gasteiger partial charge in [0, 0.05) is 12.3 Å². The first-order chi connectivity index (χ1) is 5.07. The van der Waals surface area contributed by atoms with E-state index in [2.05, 4.69) is 0 Å². The zero-order chi connectivity index (χ0) is 8.85. The number of carboxylic acids is 1. The molecule has 0 spiro atoms. The fourth-order valence-electron chi connectivity index (χ4n) is 0.516. The molecule has 11 heavy (non-hydrogen) atoms. The normalized spacial score (nSPS) is 15.8. The summed E-state index contributed by atoms with van der Waals surface area (Å²) in [5.74, 6) is -0.971. The molecule has 0 aromatic carbocycles. The fraction of sp³-hybridized carbons (Fsp3) is 0.800. The van der Waals surface area contributed by atoms with Crippen molar-refractivity contribution in [3.8, 4) is 0 Å². The van der Waals surface area contributed by atoms with Crippen LogP contribution in [0.3, 0.4) is 0 Å². The van der Waals surface area contributed by atoms with Crippen LogP contribution in [-0.2, 0) is 15.9 Å². The molecule has 66 valence electrons. The molecule has 0 amide bonds. The van der Waals surface area contributed by atoms with Crippen molar-refractivity contribution in [2.45, 2.75) is 18.1 Å². The van der Waals surface area contributed by atoms with Crippen LogP contribution in [0, 0.1) is 0 Å². The van der Waals surface area contributed by atoms with Crippen molar-refractivity contribution in [2.75, 3.05) is 5.88 Å². The monoisotopic (exact) mass is 200 g/mol. The van der Waals surface area contributed by atoms with Gasteiger partial charge in [0.1, 0.15) is 0 Å². The molecule has 0 aromatic heterocycles. The Morgan fingerprint density at radius 3 is 2.45 bits per heavy atom. The molecule has 2 unspecified atom stereocenters. The largest absolute Gasteiger partial charge is 0.481 e. The van der Waals surface area contributed by atoms with E-state index in [0.29, 0.717) is 0 Å². The first kappa shape index (κ1) is 10.9. The highest BCUT2D eigenvalue weighted by atomic mass is 35.5. The van der Waals surface area contributed by atoms with Gasteiger partial charge in [0.2, 0.25) is 0 Å². The summed E-state index contributed by atoms with van der Waals surface area (Å²) in [6.45, 7) is 0. The predicted molar refractivity (Wildman–Crippen MR) is 42.1 cm³/mol. The highest BCUT2D eigenvalue weighted by Crippen LogP contribution is 2.05. The zero-order valence-corrected chi connectivity index (χ0v) is 7.27. The number of alkyl halides is 1. The van der Waals surface area contributed by atoms with E-state index in [9.17, 15) is 9.00 Å². The second kappa shape index (κ2) is 5.51. The van der Waals surface area contributed by atoms with Crippen LogP contribution in [0.25, 0.3) is 0 Å². The van der Waals surface area contributed by atoms with Crippen LogP contribution >= 0.6 is 11.6 Å². The molecule has 0 aliphatic rings. The average molecular weight is 201 g/mol. The van der Waals surface area contributed by atoms with Crippen molar-refractivity contribution in [1.29, 1.82) is 0 Å². The molecular formula is C5H9ClO4S. The van der Waals surface area contributed by atoms with Crippen LogP contribution in [0.5, 0.6) is 0 Å². The average Bonchev–Trinajstić information content (AvgIpc) is 1.87. The van der Waals surface area contributed by atoms with Gasteiger partial charge in [-0.15, -0.1) is 11.6 Å². The van der Waals surface area contributed by atoms with Crippen LogP contribution in [0.15, 0.2) is 0 Å². The molecule has 0 fully saturated rings. The molecule has 0 aliphatic carbocycles. The van der Waals surface area contributed by atoms with E-state index in [-0.39, 0.29) is 18.7 Å². The summed E-state index contributed by atoms with van der Waals surface area (Å²) in [5.41, 5.74) is 0. The summed E-state index contributed by atoms with van der Waals surface area (Å²) >= 11 is 3.28. The number of hydrogen-bond acceptors (Lipinski definition) is 2. The summed E-state index contributed by atoms with van der Waals surface area (Å²) in [7, 11) is 0. The Hall–Kier alpha value is -0.130. The zero-order valence-electron chi connectivity index (χ0n) is 5.70. The fourth-order valence-corrected chi connectivity index (χ4v) is 1.42. The molecule has 0 aliphatic heterocycles. The minimum atomic E-state index is -2.02. The summed E-state index contributed by atoms with van der Waals surface area (Å²) in [6, 6.07) is 0. The number of carboxylic acid groups (broad SMARTS) is 1. The van der Waals surface area contributed by atoms with Crippen molar-refractivity contribution in [3.05, 3.63) is 0 Å². The Kier molecular flexibility index (Phi) is 5.45. The summed E-state index contributed by atoms with van der Waals surface area (Å²) in [4.78, 5) is 10.0. The molecule has 0 saturated heterocycles. The van der Waals surface area contributed by atoms with Crippen molar-refractivity contribution >= 4 is 28.7 Å². The molecule has 0 radical (unpaired) electrons. The lowest BCUT2D eigenvalue weighted by atomic mass is 10.2. The van der Waals surface area contributed by atoms with E-state index >= 15 is 0 Å². The summed E-state index contributed by atoms with van der Waals surface area (Å²) in [6.07, 6.45) is 0.0195. The molecule has 6 heteroatoms. The maximum absolute atomic E-state index is 10.4. The quantitative estimate of drug-likeness (QED) is 0.506. The minimum Gasteiger partial charge on any atom is -0.481 e. The Balaban J connectivity index is 3.70. The Morgan fingerprint density at radius 1 is 1.64 bits per heavy atom. The molecule has 2 N–H and O–H groups in total. The number of halogens is 1. The molecule has 0 bridgehead atoms. The van der Waals surface area contributed by atoms with Crippen LogP contribution in [0.4, 0.5) is 0 Å². The predicted octanol–water partition coefficient (Wildman–Crippen LogP) is 0.680. The van der Waals surface area contributed by atoms with E-state index < -0.39 is 22.3 Å². The second-order valence-electron chi connectivity index (χ2n) is 1.98. The van der Waals surface area contributed by atoms with E-state index in [1.165, 1.54) is 0 Å². The van der Waals surface area contributed by atoms with Gasteiger partial charge in [-0.3, -0.25) is 4.79 Å². The third kappa shape index (κ3) is 5.17. The maximum Gasteiger partial charge on any atom is 0.303 e. The summed E-state index contributed by atoms with van der Waals surface area (Å²) in [5, 5.41) is 7.58. The van der Waals surface area contributed by atoms with Gasteiger partial charge in [0.15, 0.2) is 11.1 Å². The molecule has 0 saturated carbocycles. The van der Waals surface area contributed by atoms with Gasteiger partial charge in [0.05, 0.1) is 5.25 Å². The second-order valence-corrected chi connectivity index (χ2v) is 3.51. The van der Waals surface area contributed by atoms with Crippen molar-refractivity contribution in [2.24, 2.45) is 0 Å². The van der Waals surface area contributed by atoms with Crippen LogP contribution < -0.4 is 0 Å². The Bertz CT molecular complexity index is 161. The highest BCUT2D eigenvalue weighted by molar-refractivity contribution is 7.80. The lowest BCUT2D eigenvalue weighted by molar-refractivity contribution is -0.137. The van der Waals surface area contributed by atoms with Crippen LogP contribution in [0.2, 0.25) is 0 Å². The van der Waals surface area contributed by atoms with Gasteiger partial charge in [-0.1, -0.05) is 0 Å². The van der Waals surface area contributed by atoms with Gasteiger partial charge in [-0.05, 0) is 6.42 Å². The minimum absolute atomic E-state index is 0.0103. The number of hydrogen-bond donors (Lipinski definition) is 2. The first-order valence-corrected chi connectivity index (χ1v) is 4.65. The van der Waals surface area contributed by atoms with E-state index in [0.717, 1.165) is 0 Å². The summed E-state index contributed by atoms with van der Waals surface area (Å²) < 4.78 is 18.9. The van der Waals surface area contributed by atoms with E-state index in [1.807, 2.05) is 0 Å². The Morgan fingerprint density at radius 2 is 2.18 bits per heavy atom. The molecule has 4 nitrogen and oxygen atoms in total. The number of aliphatic carboxylic acids is 1. The SMILES string of the molecule is O=C(O)CCC(CCl)S(=O)O. The molecule has 0 heterocycles. The number of carbonyl (C=O) groups is 1. The third-order valence-electron chi connectivity index (χ3n) is 1.14. The van der Waals surface area contributed by atoms with Crippen molar-refractivity contribution in [3.63, 3.8) is 0 Å². The molecule has 0 aromatic rings. The van der Waals surface area contributed by atoms with Gasteiger partial charge < -0.3 is 9.66 Å². The molecule has 2 atom stereocenters. The third-order valence-corrected chi connectivity index (χ3v) is 2.67. The first-order valence-electron chi connectivity index (χ1n) is 2.95. The van der Waals surface area contributed by atoms with Crippen LogP contribution in [-0.4, -0.2) is 31.0 Å². The van der Waals surface area contributed by atoms with Gasteiger partial charge in [0.25, 0.3) is 0 Å². The van der Waals surface area contributed by atoms with Gasteiger partial charge in [-0.2, -0.15) is 0 Å². The van der Waals surface area contributed by atoms with E-state index in [1.54, 1.807) is 0 Å². The topological polar surface area (TPSA) is 74.6 Å². The maximum atomic E-state index is 10.4. The number of rotatable bonds is 5. The standard InChI is InChI=1S/C5H9ClO4S/c6-3-4(11(9)10)1-2-5(7)8/h4H,1-3H2,(H,7,8)(H,9,10). The molecular weight excluding hydrogens is 192 g/mol.